The van der Waals surface area contributed by atoms with E-state index in [1.165, 1.54) is 0 Å². The van der Waals surface area contributed by atoms with Gasteiger partial charge in [0.15, 0.2) is 5.75 Å². The Morgan fingerprint density at radius 3 is 2.64 bits per heavy atom. The van der Waals surface area contributed by atoms with Crippen LogP contribution in [0.3, 0.4) is 0 Å². The summed E-state index contributed by atoms with van der Waals surface area (Å²) in [7, 11) is 1.74. The molecule has 0 bridgehead atoms. The van der Waals surface area contributed by atoms with Crippen LogP contribution in [0.2, 0.25) is 0 Å². The second kappa shape index (κ2) is 2.70. The largest absolute Gasteiger partial charge is 0.504 e. The second-order valence-electron chi connectivity index (χ2n) is 2.50. The molecular formula is C8H12N2O. The van der Waals surface area contributed by atoms with E-state index in [0.717, 1.165) is 5.56 Å². The van der Waals surface area contributed by atoms with E-state index in [0.29, 0.717) is 11.4 Å². The minimum Gasteiger partial charge on any atom is -0.504 e. The Hall–Kier alpha value is -1.38. The molecule has 0 unspecified atom stereocenters. The van der Waals surface area contributed by atoms with Crippen molar-refractivity contribution in [1.29, 1.82) is 0 Å². The number of rotatable bonds is 1. The molecule has 0 aliphatic carbocycles. The second-order valence-corrected chi connectivity index (χ2v) is 2.50. The Balaban J connectivity index is 3.24. The molecule has 1 aromatic carbocycles. The van der Waals surface area contributed by atoms with E-state index in [-0.39, 0.29) is 5.75 Å². The quantitative estimate of drug-likeness (QED) is 0.420. The van der Waals surface area contributed by atoms with Crippen molar-refractivity contribution in [1.82, 2.24) is 0 Å². The number of phenolic OH excluding ortho intramolecular Hbond substituents is 1. The summed E-state index contributed by atoms with van der Waals surface area (Å²) < 4.78 is 0. The van der Waals surface area contributed by atoms with Gasteiger partial charge in [-0.3, -0.25) is 0 Å². The zero-order valence-electron chi connectivity index (χ0n) is 6.68. The number of nitrogens with two attached hydrogens (primary N) is 1. The Bertz CT molecular complexity index is 271. The molecule has 0 aliphatic rings. The highest BCUT2D eigenvalue weighted by atomic mass is 16.3. The molecule has 0 aliphatic heterocycles. The number of nitrogen functional groups attached to an aromatic ring is 1. The predicted molar refractivity (Wildman–Crippen MR) is 46.8 cm³/mol. The van der Waals surface area contributed by atoms with E-state index in [2.05, 4.69) is 5.32 Å². The van der Waals surface area contributed by atoms with Gasteiger partial charge in [0.05, 0.1) is 11.4 Å². The normalized spacial score (nSPS) is 9.64. The Morgan fingerprint density at radius 1 is 1.45 bits per heavy atom. The minimum atomic E-state index is 0.123. The van der Waals surface area contributed by atoms with Crippen molar-refractivity contribution in [3.63, 3.8) is 0 Å². The molecule has 0 saturated carbocycles. The monoisotopic (exact) mass is 152 g/mol. The lowest BCUT2D eigenvalue weighted by Gasteiger charge is -2.06. The van der Waals surface area contributed by atoms with Gasteiger partial charge in [-0.2, -0.15) is 0 Å². The SMILES string of the molecule is CNc1cc(C)cc(N)c1O. The molecule has 60 valence electrons. The van der Waals surface area contributed by atoms with E-state index in [9.17, 15) is 5.11 Å². The fraction of sp³-hybridized carbons (Fsp3) is 0.250. The average molecular weight is 152 g/mol. The molecular weight excluding hydrogens is 140 g/mol. The third-order valence-corrected chi connectivity index (χ3v) is 1.55. The van der Waals surface area contributed by atoms with Crippen molar-refractivity contribution in [2.45, 2.75) is 6.92 Å². The number of aryl methyl sites for hydroxylation is 1. The molecule has 0 radical (unpaired) electrons. The number of hydrogen-bond donors (Lipinski definition) is 3. The highest BCUT2D eigenvalue weighted by Gasteiger charge is 2.02. The topological polar surface area (TPSA) is 58.3 Å². The maximum absolute atomic E-state index is 9.33. The zero-order valence-corrected chi connectivity index (χ0v) is 6.68. The van der Waals surface area contributed by atoms with Crippen molar-refractivity contribution < 1.29 is 5.11 Å². The number of benzene rings is 1. The van der Waals surface area contributed by atoms with Gasteiger partial charge in [-0.25, -0.2) is 0 Å². The highest BCUT2D eigenvalue weighted by Crippen LogP contribution is 2.30. The minimum absolute atomic E-state index is 0.123. The first-order valence-corrected chi connectivity index (χ1v) is 3.42. The Kier molecular flexibility index (Phi) is 1.89. The first-order valence-electron chi connectivity index (χ1n) is 3.42. The molecule has 0 heterocycles. The van der Waals surface area contributed by atoms with Gasteiger partial charge in [0, 0.05) is 7.05 Å². The van der Waals surface area contributed by atoms with Crippen LogP contribution < -0.4 is 11.1 Å². The van der Waals surface area contributed by atoms with Crippen LogP contribution in [0.15, 0.2) is 12.1 Å². The first-order chi connectivity index (χ1) is 5.15. The van der Waals surface area contributed by atoms with E-state index >= 15 is 0 Å². The summed E-state index contributed by atoms with van der Waals surface area (Å²) in [5.74, 6) is 0.123. The van der Waals surface area contributed by atoms with E-state index in [4.69, 9.17) is 5.73 Å². The van der Waals surface area contributed by atoms with Crippen LogP contribution in [0.1, 0.15) is 5.56 Å². The number of hydrogen-bond acceptors (Lipinski definition) is 3. The Morgan fingerprint density at radius 2 is 2.09 bits per heavy atom. The number of anilines is 2. The van der Waals surface area contributed by atoms with Crippen molar-refractivity contribution in [3.8, 4) is 5.75 Å². The number of nitrogens with one attached hydrogen (secondary N) is 1. The fourth-order valence-electron chi connectivity index (χ4n) is 0.997. The Labute approximate surface area is 65.8 Å². The predicted octanol–water partition coefficient (Wildman–Crippen LogP) is 1.32. The first kappa shape index (κ1) is 7.72. The van der Waals surface area contributed by atoms with Crippen LogP contribution >= 0.6 is 0 Å². The van der Waals surface area contributed by atoms with Crippen LogP contribution in [0.25, 0.3) is 0 Å². The molecule has 0 saturated heterocycles. The van der Waals surface area contributed by atoms with Gasteiger partial charge < -0.3 is 16.2 Å². The zero-order chi connectivity index (χ0) is 8.43. The molecule has 3 heteroatoms. The summed E-state index contributed by atoms with van der Waals surface area (Å²) in [5, 5.41) is 12.2. The number of aromatic hydroxyl groups is 1. The van der Waals surface area contributed by atoms with Crippen LogP contribution in [-0.2, 0) is 0 Å². The fourth-order valence-corrected chi connectivity index (χ4v) is 0.997. The molecule has 1 aromatic rings. The van der Waals surface area contributed by atoms with Gasteiger partial charge in [0.2, 0.25) is 0 Å². The molecule has 3 nitrogen and oxygen atoms in total. The summed E-state index contributed by atoms with van der Waals surface area (Å²) in [6.45, 7) is 1.93. The molecule has 4 N–H and O–H groups in total. The molecule has 0 aromatic heterocycles. The van der Waals surface area contributed by atoms with Crippen molar-refractivity contribution >= 4 is 11.4 Å². The molecule has 11 heavy (non-hydrogen) atoms. The third-order valence-electron chi connectivity index (χ3n) is 1.55. The maximum atomic E-state index is 9.33. The van der Waals surface area contributed by atoms with Crippen molar-refractivity contribution in [3.05, 3.63) is 17.7 Å². The lowest BCUT2D eigenvalue weighted by Crippen LogP contribution is -1.93. The van der Waals surface area contributed by atoms with Crippen LogP contribution in [-0.4, -0.2) is 12.2 Å². The van der Waals surface area contributed by atoms with Crippen LogP contribution in [0, 0.1) is 6.92 Å². The summed E-state index contributed by atoms with van der Waals surface area (Å²) in [5.41, 5.74) is 7.62. The van der Waals surface area contributed by atoms with Crippen molar-refractivity contribution in [2.24, 2.45) is 0 Å². The summed E-state index contributed by atoms with van der Waals surface area (Å²) in [6, 6.07) is 3.57. The highest BCUT2D eigenvalue weighted by molar-refractivity contribution is 5.69. The summed E-state index contributed by atoms with van der Waals surface area (Å²) in [6.07, 6.45) is 0. The molecule has 0 amide bonds. The van der Waals surface area contributed by atoms with Gasteiger partial charge in [-0.05, 0) is 24.6 Å². The van der Waals surface area contributed by atoms with E-state index in [1.54, 1.807) is 13.1 Å². The van der Waals surface area contributed by atoms with Gasteiger partial charge in [0.1, 0.15) is 0 Å². The summed E-state index contributed by atoms with van der Waals surface area (Å²) in [4.78, 5) is 0. The van der Waals surface area contributed by atoms with Gasteiger partial charge in [-0.15, -0.1) is 0 Å². The third kappa shape index (κ3) is 1.37. The maximum Gasteiger partial charge on any atom is 0.161 e. The lowest BCUT2D eigenvalue weighted by molar-refractivity contribution is 0.480. The number of phenols is 1. The van der Waals surface area contributed by atoms with Crippen molar-refractivity contribution in [2.75, 3.05) is 18.1 Å². The van der Waals surface area contributed by atoms with E-state index < -0.39 is 0 Å². The van der Waals surface area contributed by atoms with Gasteiger partial charge in [-0.1, -0.05) is 0 Å². The van der Waals surface area contributed by atoms with Crippen LogP contribution in [0.5, 0.6) is 5.75 Å². The molecule has 0 spiro atoms. The molecule has 0 atom stereocenters. The lowest BCUT2D eigenvalue weighted by atomic mass is 10.2. The van der Waals surface area contributed by atoms with Gasteiger partial charge in [0.25, 0.3) is 0 Å². The van der Waals surface area contributed by atoms with E-state index in [1.807, 2.05) is 13.0 Å². The standard InChI is InChI=1S/C8H12N2O/c1-5-3-6(9)8(11)7(4-5)10-2/h3-4,10-11H,9H2,1-2H3. The van der Waals surface area contributed by atoms with Crippen LogP contribution in [0.4, 0.5) is 11.4 Å². The summed E-state index contributed by atoms with van der Waals surface area (Å²) >= 11 is 0. The molecule has 1 rings (SSSR count). The smallest absolute Gasteiger partial charge is 0.161 e. The van der Waals surface area contributed by atoms with Gasteiger partial charge >= 0.3 is 0 Å². The average Bonchev–Trinajstić information content (AvgIpc) is 1.96. The molecule has 0 fully saturated rings.